The molecule has 0 bridgehead atoms. The molecular weight excluding hydrogens is 1080 g/mol. The molecule has 14 atom stereocenters. The van der Waals surface area contributed by atoms with Crippen LogP contribution in [0.15, 0.2) is 59.7 Å². The van der Waals surface area contributed by atoms with E-state index in [4.69, 9.17) is 55.9 Å². The second-order valence-corrected chi connectivity index (χ2v) is 28.6. The van der Waals surface area contributed by atoms with Crippen molar-refractivity contribution < 1.29 is 84.7 Å². The van der Waals surface area contributed by atoms with Crippen molar-refractivity contribution in [2.24, 2.45) is 17.0 Å². The Balaban J connectivity index is 1.64. The van der Waals surface area contributed by atoms with Crippen LogP contribution in [-0.2, 0) is 99.5 Å². The van der Waals surface area contributed by atoms with Gasteiger partial charge in [-0.2, -0.15) is 0 Å². The van der Waals surface area contributed by atoms with Crippen molar-refractivity contribution in [3.63, 3.8) is 0 Å². The van der Waals surface area contributed by atoms with Crippen LogP contribution in [0.25, 0.3) is 10.4 Å². The number of fused-ring (bicyclic) bond motifs is 1. The van der Waals surface area contributed by atoms with Gasteiger partial charge in [0.15, 0.2) is 27.2 Å². The Bertz CT molecular complexity index is 2360. The Morgan fingerprint density at radius 2 is 1.41 bits per heavy atom. The van der Waals surface area contributed by atoms with E-state index in [1.165, 1.54) is 0 Å². The molecule has 24 heteroatoms. The molecule has 0 aliphatic carbocycles. The van der Waals surface area contributed by atoms with Crippen LogP contribution in [0.4, 0.5) is 0 Å². The first kappa shape index (κ1) is 66.5. The SMILES string of the molecule is CCC(=O)O[C@H](CC)CC(=O)NC1[C@H](OCC2OC(O[Si](C)(C)C(C)(C)C)C(N=[N+]=[N-])[C@@H](OC(=O)C[C@H](C)CC)[C@@H]2C)OC(COCc2ccccc2)[C@@H](OP2(=O)OCc3ccccc3CO2)[C@@H]1OC(O)C[C@@H](CC)OC(=O)CC. The van der Waals surface area contributed by atoms with Crippen molar-refractivity contribution in [2.75, 3.05) is 13.2 Å². The smallest absolute Gasteiger partial charge is 0.462 e. The van der Waals surface area contributed by atoms with E-state index in [9.17, 15) is 34.4 Å². The van der Waals surface area contributed by atoms with E-state index in [2.05, 4.69) is 15.3 Å². The first-order valence-electron chi connectivity index (χ1n) is 28.1. The molecule has 0 radical (unpaired) electrons. The van der Waals surface area contributed by atoms with Crippen molar-refractivity contribution in [3.8, 4) is 0 Å². The number of aliphatic hydroxyl groups excluding tert-OH is 1. The van der Waals surface area contributed by atoms with Crippen molar-refractivity contribution in [1.82, 2.24) is 5.32 Å². The quantitative estimate of drug-likeness (QED) is 0.0112. The highest BCUT2D eigenvalue weighted by Gasteiger charge is 2.55. The topological polar surface area (TPSA) is 277 Å². The first-order valence-corrected chi connectivity index (χ1v) is 32.5. The number of nitrogens with zero attached hydrogens (tertiary/aromatic N) is 3. The van der Waals surface area contributed by atoms with Gasteiger partial charge in [-0.15, -0.1) is 0 Å². The molecule has 3 aliphatic rings. The zero-order valence-corrected chi connectivity index (χ0v) is 50.5. The van der Waals surface area contributed by atoms with Gasteiger partial charge in [-0.25, -0.2) is 4.57 Å². The fourth-order valence-corrected chi connectivity index (χ4v) is 11.4. The van der Waals surface area contributed by atoms with Gasteiger partial charge in [0.2, 0.25) is 5.91 Å². The minimum Gasteiger partial charge on any atom is -0.462 e. The highest BCUT2D eigenvalue weighted by Crippen LogP contribution is 2.55. The Morgan fingerprint density at radius 1 is 0.812 bits per heavy atom. The fourth-order valence-electron chi connectivity index (χ4n) is 8.88. The lowest BCUT2D eigenvalue weighted by Gasteiger charge is -2.49. The molecule has 5 rings (SSSR count). The van der Waals surface area contributed by atoms with Crippen LogP contribution in [0.5, 0.6) is 0 Å². The summed E-state index contributed by atoms with van der Waals surface area (Å²) in [6, 6.07) is 13.9. The lowest BCUT2D eigenvalue weighted by atomic mass is 9.89. The number of hydrogen-bond acceptors (Lipinski definition) is 19. The molecule has 2 fully saturated rings. The Morgan fingerprint density at radius 3 is 1.99 bits per heavy atom. The molecule has 1 amide bonds. The monoisotopic (exact) mass is 1160 g/mol. The highest BCUT2D eigenvalue weighted by atomic mass is 31.2. The number of rotatable bonds is 29. The van der Waals surface area contributed by atoms with Gasteiger partial charge in [-0.3, -0.25) is 32.7 Å². The minimum atomic E-state index is -4.61. The Labute approximate surface area is 472 Å². The predicted molar refractivity (Wildman–Crippen MR) is 295 cm³/mol. The molecule has 2 saturated heterocycles. The predicted octanol–water partition coefficient (Wildman–Crippen LogP) is 10.0. The van der Waals surface area contributed by atoms with Crippen LogP contribution in [-0.4, -0.2) is 124 Å². The second-order valence-electron chi connectivity index (χ2n) is 22.2. The van der Waals surface area contributed by atoms with Gasteiger partial charge in [0.1, 0.15) is 48.7 Å². The Kier molecular flexibility index (Phi) is 26.1. The summed E-state index contributed by atoms with van der Waals surface area (Å²) in [5, 5.41) is 18.7. The minimum absolute atomic E-state index is 0.00296. The highest BCUT2D eigenvalue weighted by molar-refractivity contribution is 7.48. The molecule has 3 aliphatic heterocycles. The third-order valence-electron chi connectivity index (χ3n) is 15.1. The molecule has 448 valence electrons. The lowest BCUT2D eigenvalue weighted by Crippen LogP contribution is -2.67. The molecule has 0 saturated carbocycles. The van der Waals surface area contributed by atoms with E-state index in [-0.39, 0.29) is 82.5 Å². The summed E-state index contributed by atoms with van der Waals surface area (Å²) < 4.78 is 91.0. The number of esters is 3. The number of amides is 1. The number of carbonyl (C=O) groups excluding carboxylic acids is 4. The molecule has 0 aromatic heterocycles. The largest absolute Gasteiger partial charge is 0.475 e. The number of nitrogens with one attached hydrogen (secondary N) is 1. The molecular formula is C56H87N4O18PSi. The zero-order chi connectivity index (χ0) is 58.8. The fraction of sp³-hybridized carbons (Fsp3) is 0.714. The summed E-state index contributed by atoms with van der Waals surface area (Å²) in [5.74, 6) is -2.90. The van der Waals surface area contributed by atoms with Gasteiger partial charge in [0.05, 0.1) is 45.6 Å². The summed E-state index contributed by atoms with van der Waals surface area (Å²) >= 11 is 0. The summed E-state index contributed by atoms with van der Waals surface area (Å²) in [5.41, 5.74) is 12.2. The second kappa shape index (κ2) is 31.4. The summed E-state index contributed by atoms with van der Waals surface area (Å²) in [7, 11) is -7.32. The maximum atomic E-state index is 15.0. The Hall–Kier alpha value is -4.32. The van der Waals surface area contributed by atoms with Crippen LogP contribution >= 0.6 is 7.82 Å². The van der Waals surface area contributed by atoms with Crippen LogP contribution in [0.3, 0.4) is 0 Å². The molecule has 2 aromatic rings. The van der Waals surface area contributed by atoms with Gasteiger partial charge < -0.3 is 52.7 Å². The van der Waals surface area contributed by atoms with E-state index in [1.54, 1.807) is 58.9 Å². The molecule has 3 heterocycles. The van der Waals surface area contributed by atoms with Gasteiger partial charge >= 0.3 is 25.7 Å². The maximum Gasteiger partial charge on any atom is 0.475 e. The van der Waals surface area contributed by atoms with Gasteiger partial charge in [-0.05, 0) is 59.1 Å². The van der Waals surface area contributed by atoms with Crippen molar-refractivity contribution in [1.29, 1.82) is 0 Å². The van der Waals surface area contributed by atoms with Gasteiger partial charge in [0, 0.05) is 36.5 Å². The third-order valence-corrected chi connectivity index (χ3v) is 20.9. The first-order chi connectivity index (χ1) is 38.0. The number of carbonyl (C=O) groups is 4. The number of hydrogen-bond donors (Lipinski definition) is 2. The van der Waals surface area contributed by atoms with Gasteiger partial charge in [-0.1, -0.05) is 135 Å². The summed E-state index contributed by atoms with van der Waals surface area (Å²) in [4.78, 5) is 56.4. The maximum absolute atomic E-state index is 15.0. The van der Waals surface area contributed by atoms with E-state index >= 15 is 0 Å². The average Bonchev–Trinajstić information content (AvgIpc) is 3.74. The number of ether oxygens (including phenoxy) is 8. The van der Waals surface area contributed by atoms with E-state index in [0.29, 0.717) is 17.5 Å². The van der Waals surface area contributed by atoms with Crippen molar-refractivity contribution >= 4 is 40.0 Å². The van der Waals surface area contributed by atoms with Crippen LogP contribution in [0.1, 0.15) is 137 Å². The molecule has 22 nitrogen and oxygen atoms in total. The van der Waals surface area contributed by atoms with E-state index in [1.807, 2.05) is 78.0 Å². The van der Waals surface area contributed by atoms with Gasteiger partial charge in [0.25, 0.3) is 0 Å². The summed E-state index contributed by atoms with van der Waals surface area (Å²) in [6.07, 6.45) is -11.7. The number of phosphoric acid groups is 1. The number of aliphatic hydroxyl groups is 1. The average molecular weight is 1160 g/mol. The van der Waals surface area contributed by atoms with Crippen LogP contribution in [0.2, 0.25) is 18.1 Å². The molecule has 6 unspecified atom stereocenters. The normalized spacial score (nSPS) is 26.5. The molecule has 0 spiro atoms. The zero-order valence-electron chi connectivity index (χ0n) is 48.6. The van der Waals surface area contributed by atoms with E-state index < -0.39 is 120 Å². The number of phosphoric ester groups is 1. The number of azide groups is 1. The standard InChI is InChI=1S/C56H87N4O18PSi/c1-13-35(6)27-47(64)75-51-36(7)42(73-55(50(51)59-60-57)78-80(11,12)56(8,9)10)34-68-54-49(58-44(61)28-40(14-2)71-45(62)16-4)53(76-48(65)29-41(15-3)72-46(63)17-5)52(43(74-54)33-67-30-37-23-19-18-20-24-37)77-79(66)69-31-38-25-21-22-26-39(38)32-70-79/h18-26,35-36,40-43,48-55,65H,13-17,27-34H2,1-12H3,(H,58,61)/t35-,36-,40-,41-,42?,43?,48?,49?,50?,51+,52-,53-,54-,55?/m1/s1. The van der Waals surface area contributed by atoms with Crippen LogP contribution in [0, 0.1) is 11.8 Å². The summed E-state index contributed by atoms with van der Waals surface area (Å²) in [6.45, 7) is 21.7. The molecule has 80 heavy (non-hydrogen) atoms. The number of benzene rings is 2. The van der Waals surface area contributed by atoms with Crippen molar-refractivity contribution in [3.05, 3.63) is 81.7 Å². The van der Waals surface area contributed by atoms with Crippen LogP contribution < -0.4 is 5.32 Å². The third kappa shape index (κ3) is 19.4. The van der Waals surface area contributed by atoms with E-state index in [0.717, 1.165) is 12.0 Å². The van der Waals surface area contributed by atoms with Crippen molar-refractivity contribution in [2.45, 2.75) is 232 Å². The molecule has 2 N–H and O–H groups in total. The lowest BCUT2D eigenvalue weighted by molar-refractivity contribution is -0.308. The molecule has 2 aromatic carbocycles.